The molecule has 1 saturated heterocycles. The van der Waals surface area contributed by atoms with Gasteiger partial charge in [-0.3, -0.25) is 14.5 Å². The van der Waals surface area contributed by atoms with Crippen LogP contribution in [-0.4, -0.2) is 54.2 Å². The Labute approximate surface area is 211 Å². The highest BCUT2D eigenvalue weighted by Crippen LogP contribution is 2.40. The topological polar surface area (TPSA) is 99.6 Å². The number of hydrogen-bond donors (Lipinski definition) is 2. The molecule has 192 valence electrons. The molecule has 5 rings (SSSR count). The molecule has 1 atom stereocenters. The number of nitrogens with one attached hydrogen (secondary N) is 1. The number of benzene rings is 2. The predicted octanol–water partition coefficient (Wildman–Crippen LogP) is 4.29. The van der Waals surface area contributed by atoms with Gasteiger partial charge in [0.05, 0.1) is 24.5 Å². The van der Waals surface area contributed by atoms with Crippen molar-refractivity contribution in [1.82, 2.24) is 9.88 Å². The van der Waals surface area contributed by atoms with Gasteiger partial charge in [0.2, 0.25) is 0 Å². The van der Waals surface area contributed by atoms with E-state index in [1.165, 1.54) is 53.6 Å². The van der Waals surface area contributed by atoms with Gasteiger partial charge < -0.3 is 10.0 Å². The zero-order chi connectivity index (χ0) is 26.4. The summed E-state index contributed by atoms with van der Waals surface area (Å²) in [6, 6.07) is 14.1. The lowest BCUT2D eigenvalue weighted by molar-refractivity contribution is -0.163. The Morgan fingerprint density at radius 2 is 1.78 bits per heavy atom. The van der Waals surface area contributed by atoms with Crippen molar-refractivity contribution in [1.29, 1.82) is 0 Å². The maximum Gasteiger partial charge on any atom is 0.395 e. The molecular weight excluding hydrogens is 507 g/mol. The number of rotatable bonds is 5. The van der Waals surface area contributed by atoms with Gasteiger partial charge in [0.25, 0.3) is 15.9 Å². The fraction of sp³-hybridized carbons (Fsp3) is 0.231. The quantitative estimate of drug-likeness (QED) is 0.514. The number of amides is 1. The monoisotopic (exact) mass is 529 g/mol. The summed E-state index contributed by atoms with van der Waals surface area (Å²) in [6.07, 6.45) is 0.568. The molecular formula is C26H22F3N3O4S. The Bertz CT molecular complexity index is 1520. The van der Waals surface area contributed by atoms with Crippen molar-refractivity contribution in [3.63, 3.8) is 0 Å². The molecule has 1 aliphatic carbocycles. The van der Waals surface area contributed by atoms with E-state index in [4.69, 9.17) is 0 Å². The SMILES string of the molecule is O=C(c1ccc(NS(=O)(=O)c2cccc3cccnc23)cc1)N1CC(O)(C2=CC=CC(C(F)(F)F)C2)C1. The number of fused-ring (bicyclic) bond motifs is 1. The third kappa shape index (κ3) is 4.84. The zero-order valence-electron chi connectivity index (χ0n) is 19.3. The summed E-state index contributed by atoms with van der Waals surface area (Å²) in [6.45, 7) is -0.253. The van der Waals surface area contributed by atoms with E-state index >= 15 is 0 Å². The van der Waals surface area contributed by atoms with Crippen molar-refractivity contribution < 1.29 is 31.5 Å². The first-order chi connectivity index (χ1) is 17.5. The summed E-state index contributed by atoms with van der Waals surface area (Å²) in [5.74, 6) is -2.08. The number of halogens is 3. The fourth-order valence-corrected chi connectivity index (χ4v) is 5.79. The van der Waals surface area contributed by atoms with Crippen molar-refractivity contribution >= 4 is 32.5 Å². The lowest BCUT2D eigenvalue weighted by atomic mass is 9.78. The number of carbonyl (C=O) groups excluding carboxylic acids is 1. The third-order valence-electron chi connectivity index (χ3n) is 6.56. The lowest BCUT2D eigenvalue weighted by Gasteiger charge is -2.48. The first-order valence-electron chi connectivity index (χ1n) is 11.4. The number of alkyl halides is 3. The first kappa shape index (κ1) is 25.0. The molecule has 0 radical (unpaired) electrons. The van der Waals surface area contributed by atoms with Crippen molar-refractivity contribution in [2.45, 2.75) is 23.1 Å². The maximum absolute atomic E-state index is 13.1. The Morgan fingerprint density at radius 3 is 2.49 bits per heavy atom. The van der Waals surface area contributed by atoms with Gasteiger partial charge in [0.1, 0.15) is 10.5 Å². The molecule has 1 aliphatic heterocycles. The van der Waals surface area contributed by atoms with Crippen LogP contribution in [0.25, 0.3) is 10.9 Å². The highest BCUT2D eigenvalue weighted by atomic mass is 32.2. The number of aliphatic hydroxyl groups is 1. The normalized spacial score (nSPS) is 19.3. The summed E-state index contributed by atoms with van der Waals surface area (Å²) in [4.78, 5) is 18.4. The Balaban J connectivity index is 1.25. The minimum atomic E-state index is -4.40. The van der Waals surface area contributed by atoms with Crippen LogP contribution in [0.3, 0.4) is 0 Å². The summed E-state index contributed by atoms with van der Waals surface area (Å²) < 4.78 is 67.7. The second-order valence-electron chi connectivity index (χ2n) is 9.14. The standard InChI is InChI=1S/C26H22F3N3O4S/c27-26(28,29)20-7-2-6-19(14-20)25(34)15-32(16-25)24(33)18-9-11-21(12-10-18)31-37(35,36)22-8-1-4-17-5-3-13-30-23(17)22/h1-13,20,31,34H,14-16H2. The molecule has 7 nitrogen and oxygen atoms in total. The Hall–Kier alpha value is -3.70. The van der Waals surface area contributed by atoms with Gasteiger partial charge in [-0.25, -0.2) is 8.42 Å². The van der Waals surface area contributed by atoms with Crippen LogP contribution in [-0.2, 0) is 10.0 Å². The van der Waals surface area contributed by atoms with Crippen molar-refractivity contribution in [3.05, 3.63) is 90.2 Å². The molecule has 0 saturated carbocycles. The van der Waals surface area contributed by atoms with Crippen molar-refractivity contribution in [2.24, 2.45) is 5.92 Å². The summed E-state index contributed by atoms with van der Waals surface area (Å²) in [5.41, 5.74) is -0.440. The zero-order valence-corrected chi connectivity index (χ0v) is 20.1. The first-order valence-corrected chi connectivity index (χ1v) is 12.9. The molecule has 2 heterocycles. The van der Waals surface area contributed by atoms with Gasteiger partial charge in [-0.2, -0.15) is 13.2 Å². The molecule has 2 aromatic carbocycles. The number of β-amino-alcohol motifs (C(OH)–C–C–N with tert-alkyl or cyclic N) is 1. The number of nitrogens with zero attached hydrogens (tertiary/aromatic N) is 2. The molecule has 0 spiro atoms. The number of carbonyl (C=O) groups is 1. The van der Waals surface area contributed by atoms with E-state index in [-0.39, 0.29) is 41.2 Å². The van der Waals surface area contributed by atoms with Crippen LogP contribution >= 0.6 is 0 Å². The average Bonchev–Trinajstić information content (AvgIpc) is 2.86. The molecule has 1 fully saturated rings. The summed E-state index contributed by atoms with van der Waals surface area (Å²) >= 11 is 0. The van der Waals surface area contributed by atoms with Gasteiger partial charge in [-0.15, -0.1) is 0 Å². The molecule has 1 aromatic heterocycles. The number of para-hydroxylation sites is 1. The number of aromatic nitrogens is 1. The highest BCUT2D eigenvalue weighted by Gasteiger charge is 2.49. The molecule has 2 aliphatic rings. The van der Waals surface area contributed by atoms with Crippen molar-refractivity contribution in [2.75, 3.05) is 17.8 Å². The average molecular weight is 530 g/mol. The molecule has 11 heteroatoms. The van der Waals surface area contributed by atoms with Crippen LogP contribution in [0.4, 0.5) is 18.9 Å². The number of likely N-dealkylation sites (tertiary alicyclic amines) is 1. The fourth-order valence-electron chi connectivity index (χ4n) is 4.55. The molecule has 2 N–H and O–H groups in total. The molecule has 0 bridgehead atoms. The van der Waals surface area contributed by atoms with Crippen LogP contribution in [0.15, 0.2) is 89.5 Å². The molecule has 1 amide bonds. The van der Waals surface area contributed by atoms with Gasteiger partial charge in [-0.1, -0.05) is 36.4 Å². The van der Waals surface area contributed by atoms with E-state index in [2.05, 4.69) is 9.71 Å². The van der Waals surface area contributed by atoms with Crippen LogP contribution in [0, 0.1) is 5.92 Å². The number of pyridine rings is 1. The van der Waals surface area contributed by atoms with Crippen LogP contribution in [0.5, 0.6) is 0 Å². The maximum atomic E-state index is 13.1. The number of sulfonamides is 1. The smallest absolute Gasteiger partial charge is 0.382 e. The molecule has 3 aromatic rings. The van der Waals surface area contributed by atoms with E-state index in [9.17, 15) is 31.5 Å². The minimum absolute atomic E-state index is 0.0187. The second-order valence-corrected chi connectivity index (χ2v) is 10.8. The number of allylic oxidation sites excluding steroid dienone is 3. The third-order valence-corrected chi connectivity index (χ3v) is 7.97. The second kappa shape index (κ2) is 9.00. The van der Waals surface area contributed by atoms with E-state index in [0.29, 0.717) is 10.9 Å². The summed E-state index contributed by atoms with van der Waals surface area (Å²) in [5, 5.41) is 11.5. The van der Waals surface area contributed by atoms with E-state index in [1.807, 2.05) is 0 Å². The van der Waals surface area contributed by atoms with Gasteiger partial charge >= 0.3 is 6.18 Å². The number of hydrogen-bond acceptors (Lipinski definition) is 5. The molecule has 1 unspecified atom stereocenters. The lowest BCUT2D eigenvalue weighted by Crippen LogP contribution is -2.64. The Morgan fingerprint density at radius 1 is 1.08 bits per heavy atom. The van der Waals surface area contributed by atoms with Crippen molar-refractivity contribution in [3.8, 4) is 0 Å². The predicted molar refractivity (Wildman–Crippen MR) is 131 cm³/mol. The molecule has 37 heavy (non-hydrogen) atoms. The van der Waals surface area contributed by atoms with Crippen LogP contribution in [0.1, 0.15) is 16.8 Å². The van der Waals surface area contributed by atoms with E-state index in [1.54, 1.807) is 24.3 Å². The van der Waals surface area contributed by atoms with Crippen LogP contribution in [0.2, 0.25) is 0 Å². The van der Waals surface area contributed by atoms with Gasteiger partial charge in [0.15, 0.2) is 0 Å². The van der Waals surface area contributed by atoms with E-state index < -0.39 is 33.6 Å². The summed E-state index contributed by atoms with van der Waals surface area (Å²) in [7, 11) is -3.96. The van der Waals surface area contributed by atoms with Crippen LogP contribution < -0.4 is 4.72 Å². The largest absolute Gasteiger partial charge is 0.395 e. The highest BCUT2D eigenvalue weighted by molar-refractivity contribution is 7.93. The van der Waals surface area contributed by atoms with Gasteiger partial charge in [0, 0.05) is 22.8 Å². The Kier molecular flexibility index (Phi) is 6.07. The van der Waals surface area contributed by atoms with Gasteiger partial charge in [-0.05, 0) is 48.4 Å². The van der Waals surface area contributed by atoms with E-state index in [0.717, 1.165) is 6.08 Å². The minimum Gasteiger partial charge on any atom is -0.382 e. The number of anilines is 1.